The highest BCUT2D eigenvalue weighted by atomic mass is 32.2. The second-order valence-corrected chi connectivity index (χ2v) is 5.32. The molecule has 0 heterocycles. The number of rotatable bonds is 3. The quantitative estimate of drug-likeness (QED) is 0.661. The molecule has 3 N–H and O–H groups in total. The van der Waals surface area contributed by atoms with Crippen LogP contribution in [0.4, 0.5) is 0 Å². The van der Waals surface area contributed by atoms with Crippen molar-refractivity contribution >= 4 is 10.2 Å². The van der Waals surface area contributed by atoms with E-state index in [4.69, 9.17) is 9.88 Å². The molecule has 1 aliphatic rings. The molecule has 0 aromatic rings. The number of nitrogens with one attached hydrogen (secondary N) is 1. The SMILES string of the molecule is COC1CC(NS(N)(=O)=O)C1(C)C. The van der Waals surface area contributed by atoms with Gasteiger partial charge in [0.15, 0.2) is 0 Å². The van der Waals surface area contributed by atoms with E-state index < -0.39 is 10.2 Å². The fourth-order valence-electron chi connectivity index (χ4n) is 1.68. The van der Waals surface area contributed by atoms with E-state index in [1.165, 1.54) is 0 Å². The van der Waals surface area contributed by atoms with Crippen LogP contribution in [0.1, 0.15) is 20.3 Å². The van der Waals surface area contributed by atoms with E-state index in [0.717, 1.165) is 0 Å². The molecule has 0 spiro atoms. The first kappa shape index (κ1) is 10.9. The second kappa shape index (κ2) is 3.20. The zero-order valence-electron chi connectivity index (χ0n) is 8.07. The lowest BCUT2D eigenvalue weighted by Gasteiger charge is -2.50. The van der Waals surface area contributed by atoms with Crippen molar-refractivity contribution in [1.82, 2.24) is 4.72 Å². The molecule has 0 aromatic heterocycles. The maximum Gasteiger partial charge on any atom is 0.274 e. The molecule has 13 heavy (non-hydrogen) atoms. The van der Waals surface area contributed by atoms with Crippen LogP contribution in [0.25, 0.3) is 0 Å². The summed E-state index contributed by atoms with van der Waals surface area (Å²) in [7, 11) is -1.97. The van der Waals surface area contributed by atoms with Crippen LogP contribution in [0.2, 0.25) is 0 Å². The predicted molar refractivity (Wildman–Crippen MR) is 49.2 cm³/mol. The minimum atomic E-state index is -3.59. The Morgan fingerprint density at radius 1 is 1.54 bits per heavy atom. The Kier molecular flexibility index (Phi) is 2.68. The zero-order valence-corrected chi connectivity index (χ0v) is 8.89. The van der Waals surface area contributed by atoms with Crippen LogP contribution in [0.3, 0.4) is 0 Å². The van der Waals surface area contributed by atoms with Crippen LogP contribution in [0.5, 0.6) is 0 Å². The Balaban J connectivity index is 2.59. The smallest absolute Gasteiger partial charge is 0.274 e. The predicted octanol–water partition coefficient (Wildman–Crippen LogP) is -0.407. The molecule has 1 saturated carbocycles. The molecule has 6 heteroatoms. The van der Waals surface area contributed by atoms with Gasteiger partial charge in [0.05, 0.1) is 6.10 Å². The van der Waals surface area contributed by atoms with Crippen molar-refractivity contribution in [2.24, 2.45) is 10.6 Å². The van der Waals surface area contributed by atoms with Gasteiger partial charge in [-0.2, -0.15) is 13.1 Å². The van der Waals surface area contributed by atoms with E-state index in [-0.39, 0.29) is 17.6 Å². The van der Waals surface area contributed by atoms with Gasteiger partial charge < -0.3 is 4.74 Å². The molecule has 1 aliphatic carbocycles. The average Bonchev–Trinajstić information content (AvgIpc) is 1.95. The van der Waals surface area contributed by atoms with E-state index in [0.29, 0.717) is 6.42 Å². The monoisotopic (exact) mass is 208 g/mol. The summed E-state index contributed by atoms with van der Waals surface area (Å²) in [6.45, 7) is 3.90. The molecule has 0 bridgehead atoms. The van der Waals surface area contributed by atoms with E-state index in [9.17, 15) is 8.42 Å². The molecule has 0 aliphatic heterocycles. The molecular weight excluding hydrogens is 192 g/mol. The first-order valence-electron chi connectivity index (χ1n) is 4.10. The van der Waals surface area contributed by atoms with Crippen LogP contribution in [-0.4, -0.2) is 27.7 Å². The van der Waals surface area contributed by atoms with Crippen molar-refractivity contribution in [2.45, 2.75) is 32.4 Å². The molecule has 1 rings (SSSR count). The first-order chi connectivity index (χ1) is 5.77. The molecule has 0 aromatic carbocycles. The summed E-state index contributed by atoms with van der Waals surface area (Å²) < 4.78 is 29.0. The summed E-state index contributed by atoms with van der Waals surface area (Å²) in [6, 6.07) is -0.118. The van der Waals surface area contributed by atoms with Gasteiger partial charge in [-0.1, -0.05) is 13.8 Å². The van der Waals surface area contributed by atoms with Gasteiger partial charge in [0.25, 0.3) is 10.2 Å². The van der Waals surface area contributed by atoms with Crippen molar-refractivity contribution in [3.8, 4) is 0 Å². The highest BCUT2D eigenvalue weighted by Crippen LogP contribution is 2.42. The van der Waals surface area contributed by atoms with E-state index in [1.54, 1.807) is 7.11 Å². The van der Waals surface area contributed by atoms with Crippen LogP contribution in [0, 0.1) is 5.41 Å². The minimum Gasteiger partial charge on any atom is -0.381 e. The van der Waals surface area contributed by atoms with Gasteiger partial charge >= 0.3 is 0 Å². The topological polar surface area (TPSA) is 81.4 Å². The van der Waals surface area contributed by atoms with Gasteiger partial charge in [-0.25, -0.2) is 5.14 Å². The third-order valence-corrected chi connectivity index (χ3v) is 3.38. The Morgan fingerprint density at radius 2 is 2.08 bits per heavy atom. The molecular formula is C7H16N2O3S. The number of hydrogen-bond donors (Lipinski definition) is 2. The third-order valence-electron chi connectivity index (χ3n) is 2.77. The summed E-state index contributed by atoms with van der Waals surface area (Å²) in [4.78, 5) is 0. The maximum atomic E-state index is 10.7. The molecule has 2 unspecified atom stereocenters. The Hall–Kier alpha value is -0.170. The third kappa shape index (κ3) is 2.19. The number of hydrogen-bond acceptors (Lipinski definition) is 3. The van der Waals surface area contributed by atoms with Gasteiger partial charge in [0, 0.05) is 18.6 Å². The van der Waals surface area contributed by atoms with Crippen LogP contribution >= 0.6 is 0 Å². The molecule has 5 nitrogen and oxygen atoms in total. The van der Waals surface area contributed by atoms with E-state index >= 15 is 0 Å². The molecule has 2 atom stereocenters. The summed E-state index contributed by atoms with van der Waals surface area (Å²) in [5.41, 5.74) is -0.179. The van der Waals surface area contributed by atoms with Crippen molar-refractivity contribution in [3.05, 3.63) is 0 Å². The Bertz CT molecular complexity index is 286. The Labute approximate surface area is 78.8 Å². The number of methoxy groups -OCH3 is 1. The molecule has 0 amide bonds. The molecule has 0 saturated heterocycles. The van der Waals surface area contributed by atoms with Gasteiger partial charge in [-0.3, -0.25) is 0 Å². The van der Waals surface area contributed by atoms with Crippen molar-refractivity contribution < 1.29 is 13.2 Å². The molecule has 78 valence electrons. The van der Waals surface area contributed by atoms with Gasteiger partial charge in [0.1, 0.15) is 0 Å². The lowest BCUT2D eigenvalue weighted by molar-refractivity contribution is -0.0908. The van der Waals surface area contributed by atoms with Crippen molar-refractivity contribution in [2.75, 3.05) is 7.11 Å². The number of nitrogens with two attached hydrogens (primary N) is 1. The largest absolute Gasteiger partial charge is 0.381 e. The summed E-state index contributed by atoms with van der Waals surface area (Å²) in [5, 5.41) is 4.87. The highest BCUT2D eigenvalue weighted by molar-refractivity contribution is 7.87. The van der Waals surface area contributed by atoms with E-state index in [2.05, 4.69) is 4.72 Å². The summed E-state index contributed by atoms with van der Waals surface area (Å²) in [6.07, 6.45) is 0.784. The maximum absolute atomic E-state index is 10.7. The normalized spacial score (nSPS) is 32.6. The lowest BCUT2D eigenvalue weighted by Crippen LogP contribution is -2.62. The fraction of sp³-hybridized carbons (Fsp3) is 1.00. The van der Waals surface area contributed by atoms with Gasteiger partial charge in [0.2, 0.25) is 0 Å². The molecule has 1 fully saturated rings. The van der Waals surface area contributed by atoms with Crippen molar-refractivity contribution in [1.29, 1.82) is 0 Å². The standard InChI is InChI=1S/C7H16N2O3S/c1-7(2)5(4-6(7)12-3)9-13(8,10)11/h5-6,9H,4H2,1-3H3,(H2,8,10,11). The first-order valence-corrected chi connectivity index (χ1v) is 5.65. The molecule has 0 radical (unpaired) electrons. The zero-order chi connectivity index (χ0) is 10.3. The number of ether oxygens (including phenoxy) is 1. The van der Waals surface area contributed by atoms with Crippen LogP contribution < -0.4 is 9.86 Å². The minimum absolute atomic E-state index is 0.103. The van der Waals surface area contributed by atoms with E-state index in [1.807, 2.05) is 13.8 Å². The summed E-state index contributed by atoms with van der Waals surface area (Å²) in [5.74, 6) is 0. The lowest BCUT2D eigenvalue weighted by atomic mass is 9.65. The fourth-order valence-corrected chi connectivity index (χ4v) is 2.48. The average molecular weight is 208 g/mol. The second-order valence-electron chi connectivity index (χ2n) is 4.00. The summed E-state index contributed by atoms with van der Waals surface area (Å²) >= 11 is 0. The highest BCUT2D eigenvalue weighted by Gasteiger charge is 2.49. The van der Waals surface area contributed by atoms with Gasteiger partial charge in [-0.15, -0.1) is 0 Å². The van der Waals surface area contributed by atoms with Crippen LogP contribution in [-0.2, 0) is 14.9 Å². The van der Waals surface area contributed by atoms with Gasteiger partial charge in [-0.05, 0) is 6.42 Å². The van der Waals surface area contributed by atoms with Crippen LogP contribution in [0.15, 0.2) is 0 Å². The Morgan fingerprint density at radius 3 is 2.38 bits per heavy atom. The van der Waals surface area contributed by atoms with Crippen molar-refractivity contribution in [3.63, 3.8) is 0 Å².